The van der Waals surface area contributed by atoms with E-state index < -0.39 is 150 Å². The number of methoxy groups -OCH3 is 1. The maximum Gasteiger partial charge on any atom is 0.329 e. The number of Topliss-reactive ketones (excluding diaryl/α,β-unsaturated/α-hetero) is 1. The number of rotatable bonds is 14. The fourth-order valence-corrected chi connectivity index (χ4v) is 10.4. The molecule has 0 radical (unpaired) electrons. The van der Waals surface area contributed by atoms with Crippen molar-refractivity contribution in [2.45, 2.75) is 194 Å². The maximum atomic E-state index is 14.9. The van der Waals surface area contributed by atoms with E-state index in [1.165, 1.54) is 61.6 Å². The number of esters is 2. The van der Waals surface area contributed by atoms with Crippen molar-refractivity contribution in [2.24, 2.45) is 29.6 Å². The number of nitrogens with zero attached hydrogens (tertiary/aromatic N) is 4. The monoisotopic (exact) mass is 1100 g/mol. The minimum Gasteiger partial charge on any atom is -0.497 e. The molecule has 0 aromatic heterocycles. The van der Waals surface area contributed by atoms with Crippen LogP contribution in [0.4, 0.5) is 0 Å². The van der Waals surface area contributed by atoms with Crippen LogP contribution in [0.1, 0.15) is 127 Å². The SMILES string of the molecule is COc1ccc(C[C@H]2C(=O)O[C@H](C)[C@H](NC(=O)[C@@H](CC(C)C)N(C)C(=O)[C@@H]3CCCN3C(=O)[C@H](C)O)C(=O)N[C@H](C(C)C)[C@@H](O)CC(=O)OC(C(C)C)C(=O)[C@H](C)C(=O)N[C@@H](CC(C)C)C(=O)N3CCC[C@H]3C(=O)N2C)cc1. The number of fused-ring (bicyclic) bond motifs is 1. The third kappa shape index (κ3) is 16.5. The van der Waals surface area contributed by atoms with Gasteiger partial charge in [0.1, 0.15) is 54.2 Å². The van der Waals surface area contributed by atoms with Crippen LogP contribution in [-0.4, -0.2) is 190 Å². The lowest BCUT2D eigenvalue weighted by atomic mass is 9.92. The number of nitrogens with one attached hydrogen (secondary N) is 3. The molecule has 3 heterocycles. The van der Waals surface area contributed by atoms with Crippen LogP contribution in [0.5, 0.6) is 5.75 Å². The van der Waals surface area contributed by atoms with Crippen LogP contribution in [0.2, 0.25) is 0 Å². The summed E-state index contributed by atoms with van der Waals surface area (Å²) in [6, 6.07) is -2.21. The molecule has 22 heteroatoms. The Labute approximate surface area is 459 Å². The molecular weight excluding hydrogens is 1010 g/mol. The van der Waals surface area contributed by atoms with Gasteiger partial charge in [0, 0.05) is 33.6 Å². The highest BCUT2D eigenvalue weighted by molar-refractivity contribution is 6.05. The molecule has 3 aliphatic rings. The Morgan fingerprint density at radius 2 is 1.46 bits per heavy atom. The molecule has 3 fully saturated rings. The van der Waals surface area contributed by atoms with Crippen LogP contribution < -0.4 is 20.7 Å². The molecule has 22 nitrogen and oxygen atoms in total. The zero-order chi connectivity index (χ0) is 58.6. The van der Waals surface area contributed by atoms with E-state index in [1.807, 2.05) is 27.7 Å². The number of aliphatic hydroxyl groups excluding tert-OH is 2. The van der Waals surface area contributed by atoms with Gasteiger partial charge in [-0.25, -0.2) is 4.79 Å². The summed E-state index contributed by atoms with van der Waals surface area (Å²) in [4.78, 5) is 148. The normalized spacial score (nSPS) is 27.5. The third-order valence-corrected chi connectivity index (χ3v) is 14.9. The maximum absolute atomic E-state index is 14.9. The Morgan fingerprint density at radius 1 is 0.833 bits per heavy atom. The molecule has 0 saturated carbocycles. The zero-order valence-electron chi connectivity index (χ0n) is 48.1. The Hall–Kier alpha value is -6.16. The standard InChI is InChI=1S/C56H87N7O15/c1-29(2)25-38-53(72)63-24-16-18-40(63)55(74)61(13)42(27-36-19-21-37(76-14)22-20-36)56(75)77-35(11)46(59-50(69)41(26-30(3)4)60(12)54(73)39-17-15-23-62(39)52(71)34(10)64)51(70)58-45(31(5)6)43(65)28-44(66)78-48(32(7)8)47(67)33(9)49(68)57-38/h19-22,29-35,38-43,45-46,48,64-65H,15-18,23-28H2,1-14H3,(H,57,68)(H,58,70)(H,59,69)/t33-,34-,35+,38-,39-,40-,41+,42-,43-,45+,46-,48?/m0/s1. The van der Waals surface area contributed by atoms with Crippen molar-refractivity contribution >= 4 is 59.1 Å². The highest BCUT2D eigenvalue weighted by atomic mass is 16.6. The first kappa shape index (κ1) is 64.4. The second-order valence-corrected chi connectivity index (χ2v) is 22.8. The quantitative estimate of drug-likeness (QED) is 0.131. The summed E-state index contributed by atoms with van der Waals surface area (Å²) in [6.07, 6.45) is -5.36. The van der Waals surface area contributed by atoms with Crippen LogP contribution in [-0.2, 0) is 63.8 Å². The van der Waals surface area contributed by atoms with Gasteiger partial charge >= 0.3 is 11.9 Å². The molecule has 0 bridgehead atoms. The van der Waals surface area contributed by atoms with E-state index in [0.717, 1.165) is 0 Å². The van der Waals surface area contributed by atoms with Gasteiger partial charge in [-0.1, -0.05) is 67.5 Å². The smallest absolute Gasteiger partial charge is 0.329 e. The third-order valence-electron chi connectivity index (χ3n) is 14.9. The summed E-state index contributed by atoms with van der Waals surface area (Å²) in [7, 11) is 4.28. The predicted octanol–water partition coefficient (Wildman–Crippen LogP) is 1.93. The van der Waals surface area contributed by atoms with Gasteiger partial charge in [-0.3, -0.25) is 43.2 Å². The molecular formula is C56H87N7O15. The average molecular weight is 1100 g/mol. The first-order valence-electron chi connectivity index (χ1n) is 27.5. The second kappa shape index (κ2) is 28.6. The van der Waals surface area contributed by atoms with Gasteiger partial charge < -0.3 is 60.0 Å². The number of hydrogen-bond acceptors (Lipinski definition) is 15. The lowest BCUT2D eigenvalue weighted by Crippen LogP contribution is -2.62. The Morgan fingerprint density at radius 3 is 2.03 bits per heavy atom. The van der Waals surface area contributed by atoms with Gasteiger partial charge in [0.2, 0.25) is 35.4 Å². The van der Waals surface area contributed by atoms with Crippen molar-refractivity contribution in [3.63, 3.8) is 0 Å². The Kier molecular flexibility index (Phi) is 23.6. The molecule has 436 valence electrons. The number of carbonyl (C=O) groups excluding carboxylic acids is 10. The molecule has 1 aromatic carbocycles. The summed E-state index contributed by atoms with van der Waals surface area (Å²) < 4.78 is 17.2. The first-order valence-corrected chi connectivity index (χ1v) is 27.5. The van der Waals surface area contributed by atoms with Gasteiger partial charge in [-0.2, -0.15) is 0 Å². The molecule has 3 saturated heterocycles. The molecule has 5 N–H and O–H groups in total. The number of cyclic esters (lactones) is 2. The predicted molar refractivity (Wildman–Crippen MR) is 286 cm³/mol. The van der Waals surface area contributed by atoms with Crippen molar-refractivity contribution in [1.82, 2.24) is 35.6 Å². The van der Waals surface area contributed by atoms with Crippen molar-refractivity contribution < 1.29 is 72.4 Å². The van der Waals surface area contributed by atoms with E-state index in [0.29, 0.717) is 24.2 Å². The van der Waals surface area contributed by atoms with E-state index in [1.54, 1.807) is 52.0 Å². The van der Waals surface area contributed by atoms with E-state index >= 15 is 0 Å². The number of hydrogen-bond donors (Lipinski definition) is 5. The van der Waals surface area contributed by atoms with Gasteiger partial charge in [-0.15, -0.1) is 0 Å². The van der Waals surface area contributed by atoms with Gasteiger partial charge in [0.25, 0.3) is 5.91 Å². The lowest BCUT2D eigenvalue weighted by Gasteiger charge is -2.36. The van der Waals surface area contributed by atoms with E-state index in [9.17, 15) is 58.2 Å². The summed E-state index contributed by atoms with van der Waals surface area (Å²) in [5, 5.41) is 30.0. The van der Waals surface area contributed by atoms with Crippen LogP contribution in [0.25, 0.3) is 0 Å². The second-order valence-electron chi connectivity index (χ2n) is 22.8. The number of ketones is 1. The van der Waals surface area contributed by atoms with E-state index in [4.69, 9.17) is 14.2 Å². The number of amides is 7. The summed E-state index contributed by atoms with van der Waals surface area (Å²) >= 11 is 0. The molecule has 0 aliphatic carbocycles. The number of likely N-dealkylation sites (tertiary alicyclic amines) is 1. The number of likely N-dealkylation sites (N-methyl/N-ethyl adjacent to an activating group) is 2. The molecule has 1 unspecified atom stereocenters. The molecule has 7 amide bonds. The Balaban J connectivity index is 1.87. The van der Waals surface area contributed by atoms with Crippen LogP contribution in [0.15, 0.2) is 24.3 Å². The van der Waals surface area contributed by atoms with Gasteiger partial charge in [0.15, 0.2) is 11.9 Å². The number of aliphatic hydroxyl groups is 2. The van der Waals surface area contributed by atoms with Crippen molar-refractivity contribution in [3.8, 4) is 5.75 Å². The molecule has 0 spiro atoms. The minimum absolute atomic E-state index is 0.0711. The molecule has 78 heavy (non-hydrogen) atoms. The molecule has 12 atom stereocenters. The number of ether oxygens (including phenoxy) is 3. The fraction of sp³-hybridized carbons (Fsp3) is 0.714. The van der Waals surface area contributed by atoms with Crippen molar-refractivity contribution in [1.29, 1.82) is 0 Å². The van der Waals surface area contributed by atoms with Crippen molar-refractivity contribution in [3.05, 3.63) is 29.8 Å². The highest BCUT2D eigenvalue weighted by Gasteiger charge is 2.46. The van der Waals surface area contributed by atoms with Crippen LogP contribution in [0, 0.1) is 29.6 Å². The van der Waals surface area contributed by atoms with Crippen molar-refractivity contribution in [2.75, 3.05) is 34.3 Å². The van der Waals surface area contributed by atoms with Gasteiger partial charge in [0.05, 0.1) is 31.6 Å². The molecule has 3 aliphatic heterocycles. The van der Waals surface area contributed by atoms with Crippen LogP contribution >= 0.6 is 0 Å². The number of carbonyl (C=O) groups is 10. The zero-order valence-corrected chi connectivity index (χ0v) is 48.1. The largest absolute Gasteiger partial charge is 0.497 e. The van der Waals surface area contributed by atoms with Gasteiger partial charge in [-0.05, 0) is 101 Å². The first-order chi connectivity index (χ1) is 36.5. The van der Waals surface area contributed by atoms with E-state index in [2.05, 4.69) is 16.0 Å². The minimum atomic E-state index is -1.76. The molecule has 1 aromatic rings. The lowest BCUT2D eigenvalue weighted by molar-refractivity contribution is -0.163. The number of benzene rings is 1. The van der Waals surface area contributed by atoms with Crippen LogP contribution in [0.3, 0.4) is 0 Å². The molecule has 4 rings (SSSR count). The Bertz CT molecular complexity index is 2310. The summed E-state index contributed by atoms with van der Waals surface area (Å²) in [6.45, 7) is 18.2. The summed E-state index contributed by atoms with van der Waals surface area (Å²) in [5.74, 6) is -10.3. The average Bonchev–Trinajstić information content (AvgIpc) is 4.08. The fourth-order valence-electron chi connectivity index (χ4n) is 10.4. The van der Waals surface area contributed by atoms with E-state index in [-0.39, 0.29) is 57.0 Å². The highest BCUT2D eigenvalue weighted by Crippen LogP contribution is 2.27. The topological polar surface area (TPSA) is 288 Å². The summed E-state index contributed by atoms with van der Waals surface area (Å²) in [5.41, 5.74) is 0.569.